The van der Waals surface area contributed by atoms with Gasteiger partial charge in [0.25, 0.3) is 0 Å². The van der Waals surface area contributed by atoms with E-state index in [1.165, 1.54) is 6.08 Å². The first-order valence-corrected chi connectivity index (χ1v) is 7.02. The van der Waals surface area contributed by atoms with Gasteiger partial charge in [0.15, 0.2) is 0 Å². The van der Waals surface area contributed by atoms with Crippen LogP contribution in [0.1, 0.15) is 11.5 Å². The molecule has 0 fully saturated rings. The number of hydrogen-bond donors (Lipinski definition) is 1. The summed E-state index contributed by atoms with van der Waals surface area (Å²) < 4.78 is 7.03. The topological polar surface area (TPSA) is 85.8 Å². The number of amides is 1. The van der Waals surface area contributed by atoms with Crippen molar-refractivity contribution in [2.45, 2.75) is 6.54 Å². The summed E-state index contributed by atoms with van der Waals surface area (Å²) in [7, 11) is 1.90. The number of pyridine rings is 1. The van der Waals surface area contributed by atoms with Crippen LogP contribution in [0.15, 0.2) is 53.5 Å². The van der Waals surface area contributed by atoms with Crippen LogP contribution in [0.4, 0.5) is 0 Å². The van der Waals surface area contributed by atoms with Crippen LogP contribution < -0.4 is 5.32 Å². The third kappa shape index (κ3) is 3.70. The van der Waals surface area contributed by atoms with Crippen LogP contribution in [0.5, 0.6) is 0 Å². The van der Waals surface area contributed by atoms with E-state index in [2.05, 4.69) is 20.4 Å². The van der Waals surface area contributed by atoms with Gasteiger partial charge in [-0.1, -0.05) is 11.2 Å². The van der Waals surface area contributed by atoms with Crippen molar-refractivity contribution in [3.8, 4) is 11.5 Å². The van der Waals surface area contributed by atoms with Crippen molar-refractivity contribution in [2.75, 3.05) is 0 Å². The first kappa shape index (κ1) is 14.7. The van der Waals surface area contributed by atoms with E-state index in [1.807, 2.05) is 36.0 Å². The highest BCUT2D eigenvalue weighted by Gasteiger charge is 2.11. The number of hydrogen-bond acceptors (Lipinski definition) is 5. The molecule has 3 heterocycles. The fourth-order valence-electron chi connectivity index (χ4n) is 1.99. The van der Waals surface area contributed by atoms with Crippen LogP contribution in [0.25, 0.3) is 17.6 Å². The highest BCUT2D eigenvalue weighted by atomic mass is 16.5. The number of rotatable bonds is 5. The number of carbonyl (C=O) groups excluding carboxylic acids is 1. The lowest BCUT2D eigenvalue weighted by Crippen LogP contribution is -2.20. The zero-order valence-electron chi connectivity index (χ0n) is 12.5. The fourth-order valence-corrected chi connectivity index (χ4v) is 1.99. The Labute approximate surface area is 132 Å². The molecule has 0 aromatic carbocycles. The van der Waals surface area contributed by atoms with Gasteiger partial charge in [0.05, 0.1) is 12.2 Å². The summed E-state index contributed by atoms with van der Waals surface area (Å²) in [6.07, 6.45) is 8.37. The van der Waals surface area contributed by atoms with Gasteiger partial charge in [-0.3, -0.25) is 9.78 Å². The van der Waals surface area contributed by atoms with Gasteiger partial charge < -0.3 is 14.4 Å². The second-order valence-electron chi connectivity index (χ2n) is 4.85. The van der Waals surface area contributed by atoms with E-state index < -0.39 is 0 Å². The second-order valence-corrected chi connectivity index (χ2v) is 4.85. The highest BCUT2D eigenvalue weighted by molar-refractivity contribution is 5.91. The van der Waals surface area contributed by atoms with Crippen molar-refractivity contribution in [1.29, 1.82) is 0 Å². The van der Waals surface area contributed by atoms with Gasteiger partial charge in [-0.2, -0.15) is 4.98 Å². The van der Waals surface area contributed by atoms with Crippen molar-refractivity contribution >= 4 is 12.0 Å². The molecule has 7 nitrogen and oxygen atoms in total. The van der Waals surface area contributed by atoms with E-state index in [1.54, 1.807) is 24.5 Å². The molecule has 0 atom stereocenters. The van der Waals surface area contributed by atoms with Crippen LogP contribution in [0.2, 0.25) is 0 Å². The van der Waals surface area contributed by atoms with E-state index in [0.717, 1.165) is 11.3 Å². The normalized spacial score (nSPS) is 11.0. The Morgan fingerprint density at radius 2 is 2.30 bits per heavy atom. The first-order chi connectivity index (χ1) is 11.2. The molecule has 0 aliphatic heterocycles. The lowest BCUT2D eigenvalue weighted by atomic mass is 10.2. The SMILES string of the molecule is Cn1cccc1-c1noc(CNC(=O)/C=C/c2cccnc2)n1. The monoisotopic (exact) mass is 309 g/mol. The molecular formula is C16H15N5O2. The summed E-state index contributed by atoms with van der Waals surface area (Å²) in [4.78, 5) is 20.0. The number of nitrogens with one attached hydrogen (secondary N) is 1. The van der Waals surface area contributed by atoms with E-state index in [-0.39, 0.29) is 12.5 Å². The van der Waals surface area contributed by atoms with Crippen molar-refractivity contribution in [3.63, 3.8) is 0 Å². The van der Waals surface area contributed by atoms with Gasteiger partial charge in [0, 0.05) is 31.7 Å². The number of carbonyl (C=O) groups is 1. The van der Waals surface area contributed by atoms with E-state index >= 15 is 0 Å². The zero-order chi connectivity index (χ0) is 16.1. The lowest BCUT2D eigenvalue weighted by molar-refractivity contribution is -0.116. The van der Waals surface area contributed by atoms with Crippen molar-refractivity contribution in [2.24, 2.45) is 7.05 Å². The van der Waals surface area contributed by atoms with Crippen LogP contribution >= 0.6 is 0 Å². The molecule has 116 valence electrons. The van der Waals surface area contributed by atoms with Crippen molar-refractivity contribution in [1.82, 2.24) is 25.0 Å². The van der Waals surface area contributed by atoms with Gasteiger partial charge in [-0.25, -0.2) is 0 Å². The minimum Gasteiger partial charge on any atom is -0.348 e. The second kappa shape index (κ2) is 6.69. The maximum atomic E-state index is 11.8. The predicted octanol–water partition coefficient (Wildman–Crippen LogP) is 1.80. The summed E-state index contributed by atoms with van der Waals surface area (Å²) in [6.45, 7) is 0.174. The number of aryl methyl sites for hydroxylation is 1. The quantitative estimate of drug-likeness (QED) is 0.726. The average Bonchev–Trinajstić information content (AvgIpc) is 3.20. The Hall–Kier alpha value is -3.22. The maximum Gasteiger partial charge on any atom is 0.246 e. The molecule has 3 aromatic rings. The number of nitrogens with zero attached hydrogens (tertiary/aromatic N) is 4. The molecule has 0 spiro atoms. The lowest BCUT2D eigenvalue weighted by Gasteiger charge is -1.97. The minimum absolute atomic E-state index is 0.174. The standard InChI is InChI=1S/C16H15N5O2/c1-21-9-3-5-13(21)16-19-15(23-20-16)11-18-14(22)7-6-12-4-2-8-17-10-12/h2-10H,11H2,1H3,(H,18,22)/b7-6+. The molecule has 3 aromatic heterocycles. The highest BCUT2D eigenvalue weighted by Crippen LogP contribution is 2.15. The Balaban J connectivity index is 1.57. The van der Waals surface area contributed by atoms with Crippen molar-refractivity contribution in [3.05, 3.63) is 60.4 Å². The van der Waals surface area contributed by atoms with E-state index in [4.69, 9.17) is 4.52 Å². The zero-order valence-corrected chi connectivity index (χ0v) is 12.5. The summed E-state index contributed by atoms with van der Waals surface area (Å²) >= 11 is 0. The molecule has 1 N–H and O–H groups in total. The van der Waals surface area contributed by atoms with Gasteiger partial charge in [-0.05, 0) is 29.8 Å². The summed E-state index contributed by atoms with van der Waals surface area (Å²) in [5.74, 6) is 0.601. The molecule has 0 unspecified atom stereocenters. The third-order valence-corrected chi connectivity index (χ3v) is 3.17. The smallest absolute Gasteiger partial charge is 0.246 e. The minimum atomic E-state index is -0.243. The Bertz CT molecular complexity index is 820. The number of aromatic nitrogens is 4. The summed E-state index contributed by atoms with van der Waals surface area (Å²) in [5.41, 5.74) is 1.70. The maximum absolute atomic E-state index is 11.8. The van der Waals surface area contributed by atoms with E-state index in [9.17, 15) is 4.79 Å². The molecule has 1 amide bonds. The van der Waals surface area contributed by atoms with Crippen molar-refractivity contribution < 1.29 is 9.32 Å². The van der Waals surface area contributed by atoms with Gasteiger partial charge in [-0.15, -0.1) is 0 Å². The molecule has 0 aliphatic carbocycles. The molecule has 7 heteroatoms. The Kier molecular flexibility index (Phi) is 4.28. The molecule has 0 radical (unpaired) electrons. The molecule has 0 saturated heterocycles. The van der Waals surface area contributed by atoms with Crippen LogP contribution in [-0.2, 0) is 18.4 Å². The van der Waals surface area contributed by atoms with Crippen LogP contribution in [-0.4, -0.2) is 25.6 Å². The van der Waals surface area contributed by atoms with E-state index in [0.29, 0.717) is 11.7 Å². The third-order valence-electron chi connectivity index (χ3n) is 3.17. The molecule has 0 aliphatic rings. The Morgan fingerprint density at radius 3 is 3.04 bits per heavy atom. The largest absolute Gasteiger partial charge is 0.348 e. The molecular weight excluding hydrogens is 294 g/mol. The Morgan fingerprint density at radius 1 is 1.39 bits per heavy atom. The summed E-state index contributed by atoms with van der Waals surface area (Å²) in [5, 5.41) is 6.60. The average molecular weight is 309 g/mol. The molecule has 23 heavy (non-hydrogen) atoms. The molecule has 0 saturated carbocycles. The fraction of sp³-hybridized carbons (Fsp3) is 0.125. The molecule has 3 rings (SSSR count). The van der Waals surface area contributed by atoms with Gasteiger partial charge in [0.1, 0.15) is 0 Å². The van der Waals surface area contributed by atoms with Gasteiger partial charge in [0.2, 0.25) is 17.6 Å². The first-order valence-electron chi connectivity index (χ1n) is 7.02. The molecule has 0 bridgehead atoms. The van der Waals surface area contributed by atoms with Gasteiger partial charge >= 0.3 is 0 Å². The van der Waals surface area contributed by atoms with Crippen LogP contribution in [0.3, 0.4) is 0 Å². The summed E-state index contributed by atoms with van der Waals surface area (Å²) in [6, 6.07) is 7.46. The van der Waals surface area contributed by atoms with Crippen LogP contribution in [0, 0.1) is 0 Å². The predicted molar refractivity (Wildman–Crippen MR) is 83.8 cm³/mol.